The van der Waals surface area contributed by atoms with Gasteiger partial charge in [0.15, 0.2) is 17.3 Å². The molecule has 2 aromatic rings. The molecule has 1 aliphatic rings. The molecule has 0 saturated heterocycles. The average molecular weight is 343 g/mol. The second-order valence-corrected chi connectivity index (χ2v) is 5.92. The molecule has 0 bridgehead atoms. The van der Waals surface area contributed by atoms with Crippen LogP contribution in [0.2, 0.25) is 0 Å². The molecule has 0 amide bonds. The summed E-state index contributed by atoms with van der Waals surface area (Å²) < 4.78 is 26.2. The van der Waals surface area contributed by atoms with E-state index in [1.807, 2.05) is 6.07 Å². The molecule has 0 atom stereocenters. The van der Waals surface area contributed by atoms with E-state index in [-0.39, 0.29) is 28.8 Å². The van der Waals surface area contributed by atoms with Crippen LogP contribution < -0.4 is 10.5 Å². The Morgan fingerprint density at radius 3 is 2.72 bits per heavy atom. The first-order valence-electron chi connectivity index (χ1n) is 8.01. The van der Waals surface area contributed by atoms with Gasteiger partial charge < -0.3 is 19.8 Å². The van der Waals surface area contributed by atoms with Gasteiger partial charge in [0.25, 0.3) is 0 Å². The number of nitrogens with two attached hydrogens (primary N) is 1. The standard InChI is InChI=1S/C18H18FN3O3/c1-24-18(23)17-16(21)11(9-20)10-22(17)12-6-7-15(14(19)8-12)25-13-4-2-3-5-13/h6-8,10,13H,2-5,21H2,1H3. The molecule has 1 aromatic carbocycles. The van der Waals surface area contributed by atoms with E-state index in [1.54, 1.807) is 6.07 Å². The summed E-state index contributed by atoms with van der Waals surface area (Å²) in [5.41, 5.74) is 6.30. The summed E-state index contributed by atoms with van der Waals surface area (Å²) in [6.45, 7) is 0. The molecule has 1 aromatic heterocycles. The van der Waals surface area contributed by atoms with Gasteiger partial charge in [0.2, 0.25) is 0 Å². The maximum absolute atomic E-state index is 14.4. The monoisotopic (exact) mass is 343 g/mol. The summed E-state index contributed by atoms with van der Waals surface area (Å²) in [5, 5.41) is 9.13. The van der Waals surface area contributed by atoms with Gasteiger partial charge in [-0.2, -0.15) is 5.26 Å². The number of carbonyl (C=O) groups is 1. The number of anilines is 1. The highest BCUT2D eigenvalue weighted by atomic mass is 19.1. The third-order valence-corrected chi connectivity index (χ3v) is 4.33. The van der Waals surface area contributed by atoms with Gasteiger partial charge >= 0.3 is 5.97 Å². The summed E-state index contributed by atoms with van der Waals surface area (Å²) >= 11 is 0. The molecule has 1 fully saturated rings. The number of hydrogen-bond acceptors (Lipinski definition) is 5. The molecular formula is C18H18FN3O3. The van der Waals surface area contributed by atoms with Crippen molar-refractivity contribution in [1.82, 2.24) is 4.57 Å². The molecule has 0 aliphatic heterocycles. The molecule has 3 rings (SSSR count). The van der Waals surface area contributed by atoms with Crippen molar-refractivity contribution in [2.45, 2.75) is 31.8 Å². The second kappa shape index (κ2) is 6.85. The lowest BCUT2D eigenvalue weighted by atomic mass is 10.2. The van der Waals surface area contributed by atoms with Crippen LogP contribution in [-0.4, -0.2) is 23.8 Å². The quantitative estimate of drug-likeness (QED) is 0.861. The van der Waals surface area contributed by atoms with E-state index in [0.29, 0.717) is 5.69 Å². The number of esters is 1. The van der Waals surface area contributed by atoms with E-state index in [0.717, 1.165) is 25.7 Å². The number of aromatic nitrogens is 1. The number of carbonyl (C=O) groups excluding carboxylic acids is 1. The van der Waals surface area contributed by atoms with E-state index in [9.17, 15) is 9.18 Å². The van der Waals surface area contributed by atoms with E-state index in [4.69, 9.17) is 20.5 Å². The van der Waals surface area contributed by atoms with Crippen molar-refractivity contribution in [2.75, 3.05) is 12.8 Å². The first-order chi connectivity index (χ1) is 12.0. The Bertz CT molecular complexity index is 848. The lowest BCUT2D eigenvalue weighted by Gasteiger charge is -2.15. The van der Waals surface area contributed by atoms with Crippen LogP contribution in [0.4, 0.5) is 10.1 Å². The number of benzene rings is 1. The lowest BCUT2D eigenvalue weighted by molar-refractivity contribution is 0.0593. The van der Waals surface area contributed by atoms with Crippen LogP contribution in [0.15, 0.2) is 24.4 Å². The minimum Gasteiger partial charge on any atom is -0.487 e. The molecule has 7 heteroatoms. The number of hydrogen-bond donors (Lipinski definition) is 1. The number of halogens is 1. The molecule has 6 nitrogen and oxygen atoms in total. The third kappa shape index (κ3) is 3.15. The summed E-state index contributed by atoms with van der Waals surface area (Å²) in [7, 11) is 1.21. The van der Waals surface area contributed by atoms with Crippen LogP contribution in [0.5, 0.6) is 5.75 Å². The Hall–Kier alpha value is -3.01. The van der Waals surface area contributed by atoms with Crippen LogP contribution in [0, 0.1) is 17.1 Å². The largest absolute Gasteiger partial charge is 0.487 e. The van der Waals surface area contributed by atoms with Gasteiger partial charge in [-0.1, -0.05) is 0 Å². The minimum absolute atomic E-state index is 0.000963. The average Bonchev–Trinajstić information content (AvgIpc) is 3.23. The van der Waals surface area contributed by atoms with Gasteiger partial charge in [-0.3, -0.25) is 0 Å². The Kier molecular flexibility index (Phi) is 4.61. The molecule has 25 heavy (non-hydrogen) atoms. The van der Waals surface area contributed by atoms with Crippen molar-refractivity contribution in [1.29, 1.82) is 5.26 Å². The molecule has 1 aliphatic carbocycles. The summed E-state index contributed by atoms with van der Waals surface area (Å²) in [4.78, 5) is 12.0. The lowest BCUT2D eigenvalue weighted by Crippen LogP contribution is -2.13. The second-order valence-electron chi connectivity index (χ2n) is 5.92. The Morgan fingerprint density at radius 1 is 1.40 bits per heavy atom. The predicted molar refractivity (Wildman–Crippen MR) is 89.1 cm³/mol. The van der Waals surface area contributed by atoms with Crippen molar-refractivity contribution in [3.05, 3.63) is 41.5 Å². The Morgan fingerprint density at radius 2 is 2.12 bits per heavy atom. The van der Waals surface area contributed by atoms with Crippen LogP contribution >= 0.6 is 0 Å². The fraction of sp³-hybridized carbons (Fsp3) is 0.333. The van der Waals surface area contributed by atoms with Crippen molar-refractivity contribution < 1.29 is 18.7 Å². The van der Waals surface area contributed by atoms with Crippen LogP contribution in [0.1, 0.15) is 41.7 Å². The zero-order chi connectivity index (χ0) is 18.0. The van der Waals surface area contributed by atoms with Gasteiger partial charge in [0, 0.05) is 18.0 Å². The number of methoxy groups -OCH3 is 1. The number of ether oxygens (including phenoxy) is 2. The van der Waals surface area contributed by atoms with Crippen molar-refractivity contribution in [3.63, 3.8) is 0 Å². The topological polar surface area (TPSA) is 90.3 Å². The number of nitrogen functional groups attached to an aromatic ring is 1. The summed E-state index contributed by atoms with van der Waals surface area (Å²) in [6.07, 6.45) is 5.45. The number of nitriles is 1. The van der Waals surface area contributed by atoms with Crippen LogP contribution in [-0.2, 0) is 4.74 Å². The van der Waals surface area contributed by atoms with Crippen molar-refractivity contribution in [2.24, 2.45) is 0 Å². The molecule has 0 radical (unpaired) electrons. The van der Waals surface area contributed by atoms with Crippen molar-refractivity contribution >= 4 is 11.7 Å². The zero-order valence-corrected chi connectivity index (χ0v) is 13.8. The SMILES string of the molecule is COC(=O)c1c(N)c(C#N)cn1-c1ccc(OC2CCCC2)c(F)c1. The third-order valence-electron chi connectivity index (χ3n) is 4.33. The van der Waals surface area contributed by atoms with E-state index >= 15 is 0 Å². The highest BCUT2D eigenvalue weighted by Gasteiger charge is 2.23. The van der Waals surface area contributed by atoms with E-state index in [2.05, 4.69) is 0 Å². The van der Waals surface area contributed by atoms with E-state index < -0.39 is 11.8 Å². The highest BCUT2D eigenvalue weighted by molar-refractivity contribution is 5.95. The number of rotatable bonds is 4. The van der Waals surface area contributed by atoms with Crippen LogP contribution in [0.25, 0.3) is 5.69 Å². The van der Waals surface area contributed by atoms with Gasteiger partial charge in [-0.25, -0.2) is 9.18 Å². The fourth-order valence-electron chi connectivity index (χ4n) is 3.04. The Labute approximate surface area is 144 Å². The predicted octanol–water partition coefficient (Wildman–Crippen LogP) is 3.18. The van der Waals surface area contributed by atoms with Gasteiger partial charge in [-0.05, 0) is 37.8 Å². The smallest absolute Gasteiger partial charge is 0.357 e. The van der Waals surface area contributed by atoms with Gasteiger partial charge in [-0.15, -0.1) is 0 Å². The number of nitrogens with zero attached hydrogens (tertiary/aromatic N) is 2. The van der Waals surface area contributed by atoms with Gasteiger partial charge in [0.05, 0.1) is 24.5 Å². The summed E-state index contributed by atoms with van der Waals surface area (Å²) in [5.74, 6) is -1.06. The molecule has 2 N–H and O–H groups in total. The molecule has 1 heterocycles. The first kappa shape index (κ1) is 16.8. The highest BCUT2D eigenvalue weighted by Crippen LogP contribution is 2.29. The van der Waals surface area contributed by atoms with E-state index in [1.165, 1.54) is 30.0 Å². The normalized spacial score (nSPS) is 14.3. The maximum Gasteiger partial charge on any atom is 0.357 e. The molecule has 130 valence electrons. The van der Waals surface area contributed by atoms with Gasteiger partial charge in [0.1, 0.15) is 6.07 Å². The molecular weight excluding hydrogens is 325 g/mol. The fourth-order valence-corrected chi connectivity index (χ4v) is 3.04. The zero-order valence-electron chi connectivity index (χ0n) is 13.8. The molecule has 0 unspecified atom stereocenters. The summed E-state index contributed by atoms with van der Waals surface area (Å²) in [6, 6.07) is 6.29. The first-order valence-corrected chi connectivity index (χ1v) is 8.01. The Balaban J connectivity index is 1.98. The maximum atomic E-state index is 14.4. The molecule has 1 saturated carbocycles. The van der Waals surface area contributed by atoms with Crippen LogP contribution in [0.3, 0.4) is 0 Å². The minimum atomic E-state index is -0.703. The molecule has 0 spiro atoms. The van der Waals surface area contributed by atoms with Crippen molar-refractivity contribution in [3.8, 4) is 17.5 Å².